The molecule has 1 fully saturated rings. The van der Waals surface area contributed by atoms with E-state index in [4.69, 9.17) is 9.90 Å². The maximum absolute atomic E-state index is 8.36. The van der Waals surface area contributed by atoms with Crippen LogP contribution in [0.3, 0.4) is 0 Å². The fourth-order valence-corrected chi connectivity index (χ4v) is 2.46. The first-order chi connectivity index (χ1) is 9.33. The highest BCUT2D eigenvalue weighted by molar-refractivity contribution is 5.74. The second kappa shape index (κ2) is 6.89. The number of benzene rings is 1. The summed E-state index contributed by atoms with van der Waals surface area (Å²) in [7, 11) is 0. The highest BCUT2D eigenvalue weighted by Crippen LogP contribution is 2.18. The van der Waals surface area contributed by atoms with Gasteiger partial charge in [0.05, 0.1) is 11.0 Å². The molecule has 5 heteroatoms. The molecule has 5 nitrogen and oxygen atoms in total. The van der Waals surface area contributed by atoms with Gasteiger partial charge < -0.3 is 15.4 Å². The number of para-hydroxylation sites is 2. The molecule has 102 valence electrons. The maximum atomic E-state index is 8.36. The van der Waals surface area contributed by atoms with Gasteiger partial charge in [0.2, 0.25) is 0 Å². The first kappa shape index (κ1) is 13.5. The molecule has 19 heavy (non-hydrogen) atoms. The van der Waals surface area contributed by atoms with Gasteiger partial charge in [-0.05, 0) is 44.0 Å². The summed E-state index contributed by atoms with van der Waals surface area (Å²) in [6.45, 7) is 2.07. The maximum Gasteiger partial charge on any atom is 0.290 e. The van der Waals surface area contributed by atoms with Crippen molar-refractivity contribution in [3.05, 3.63) is 30.1 Å². The Morgan fingerprint density at radius 1 is 1.32 bits per heavy atom. The number of nitrogens with one attached hydrogen (secondary N) is 2. The van der Waals surface area contributed by atoms with Gasteiger partial charge in [-0.1, -0.05) is 12.1 Å². The lowest BCUT2D eigenvalue weighted by Gasteiger charge is -2.21. The number of hydrogen-bond acceptors (Lipinski definition) is 3. The Balaban J connectivity index is 0.000000408. The van der Waals surface area contributed by atoms with Crippen molar-refractivity contribution in [1.82, 2.24) is 15.3 Å². The van der Waals surface area contributed by atoms with Crippen molar-refractivity contribution in [2.24, 2.45) is 5.92 Å². The van der Waals surface area contributed by atoms with E-state index >= 15 is 0 Å². The monoisotopic (exact) mass is 261 g/mol. The predicted molar refractivity (Wildman–Crippen MR) is 74.1 cm³/mol. The van der Waals surface area contributed by atoms with Crippen LogP contribution in [0.15, 0.2) is 24.3 Å². The third-order valence-electron chi connectivity index (χ3n) is 3.38. The summed E-state index contributed by atoms with van der Waals surface area (Å²) in [6, 6.07) is 8.25. The molecular weight excluding hydrogens is 242 g/mol. The molecule has 1 aliphatic rings. The van der Waals surface area contributed by atoms with Crippen LogP contribution in [0.1, 0.15) is 18.7 Å². The molecule has 0 unspecified atom stereocenters. The lowest BCUT2D eigenvalue weighted by molar-refractivity contribution is -0.122. The van der Waals surface area contributed by atoms with Gasteiger partial charge in [0.15, 0.2) is 0 Å². The normalized spacial score (nSPS) is 15.8. The zero-order valence-corrected chi connectivity index (χ0v) is 10.8. The molecule has 3 rings (SSSR count). The van der Waals surface area contributed by atoms with Gasteiger partial charge in [0.25, 0.3) is 6.47 Å². The average Bonchev–Trinajstić information content (AvgIpc) is 2.83. The van der Waals surface area contributed by atoms with Crippen LogP contribution in [0.4, 0.5) is 0 Å². The molecule has 1 saturated heterocycles. The van der Waals surface area contributed by atoms with Crippen LogP contribution in [0.2, 0.25) is 0 Å². The Bertz CT molecular complexity index is 485. The van der Waals surface area contributed by atoms with Gasteiger partial charge in [0.1, 0.15) is 5.82 Å². The van der Waals surface area contributed by atoms with Gasteiger partial charge in [0, 0.05) is 6.42 Å². The number of carboxylic acid groups (broad SMARTS) is 1. The average molecular weight is 261 g/mol. The minimum Gasteiger partial charge on any atom is -0.483 e. The van der Waals surface area contributed by atoms with Crippen LogP contribution in [-0.4, -0.2) is 34.6 Å². The molecule has 0 spiro atoms. The number of nitrogens with zero attached hydrogens (tertiary/aromatic N) is 1. The van der Waals surface area contributed by atoms with Gasteiger partial charge in [-0.3, -0.25) is 4.79 Å². The molecule has 3 N–H and O–H groups in total. The summed E-state index contributed by atoms with van der Waals surface area (Å²) in [4.78, 5) is 16.4. The van der Waals surface area contributed by atoms with Crippen LogP contribution < -0.4 is 5.32 Å². The summed E-state index contributed by atoms with van der Waals surface area (Å²) < 4.78 is 0. The number of rotatable bonds is 2. The molecule has 0 radical (unpaired) electrons. The molecule has 0 bridgehead atoms. The summed E-state index contributed by atoms with van der Waals surface area (Å²) in [5.74, 6) is 1.94. The lowest BCUT2D eigenvalue weighted by atomic mass is 9.94. The first-order valence-corrected chi connectivity index (χ1v) is 6.55. The van der Waals surface area contributed by atoms with Crippen LogP contribution in [-0.2, 0) is 11.2 Å². The standard InChI is InChI=1S/C13H17N3.CH2O2/c1-2-4-12-11(3-1)15-13(16-12)9-10-5-7-14-8-6-10;2-1-3/h1-4,10,14H,5-9H2,(H,15,16);1H,(H,2,3). The fourth-order valence-electron chi connectivity index (χ4n) is 2.46. The van der Waals surface area contributed by atoms with E-state index in [2.05, 4.69) is 33.5 Å². The van der Waals surface area contributed by atoms with E-state index in [0.717, 1.165) is 42.3 Å². The molecule has 0 saturated carbocycles. The number of aromatic amines is 1. The van der Waals surface area contributed by atoms with Crippen molar-refractivity contribution in [2.75, 3.05) is 13.1 Å². The highest BCUT2D eigenvalue weighted by atomic mass is 16.3. The van der Waals surface area contributed by atoms with Crippen molar-refractivity contribution in [3.8, 4) is 0 Å². The third kappa shape index (κ3) is 3.79. The largest absolute Gasteiger partial charge is 0.483 e. The molecule has 0 atom stereocenters. The number of fused-ring (bicyclic) bond motifs is 1. The van der Waals surface area contributed by atoms with Gasteiger partial charge in [-0.25, -0.2) is 4.98 Å². The van der Waals surface area contributed by atoms with Crippen molar-refractivity contribution >= 4 is 17.5 Å². The van der Waals surface area contributed by atoms with Crippen LogP contribution >= 0.6 is 0 Å². The second-order valence-corrected chi connectivity index (χ2v) is 4.70. The molecule has 1 aliphatic heterocycles. The molecule has 0 amide bonds. The van der Waals surface area contributed by atoms with E-state index < -0.39 is 0 Å². The van der Waals surface area contributed by atoms with Gasteiger partial charge in [-0.15, -0.1) is 0 Å². The van der Waals surface area contributed by atoms with Crippen LogP contribution in [0.5, 0.6) is 0 Å². The summed E-state index contributed by atoms with van der Waals surface area (Å²) >= 11 is 0. The van der Waals surface area contributed by atoms with Gasteiger partial charge in [-0.2, -0.15) is 0 Å². The third-order valence-corrected chi connectivity index (χ3v) is 3.38. The number of piperidine rings is 1. The second-order valence-electron chi connectivity index (χ2n) is 4.70. The zero-order chi connectivity index (χ0) is 13.5. The minimum absolute atomic E-state index is 0.250. The summed E-state index contributed by atoms with van der Waals surface area (Å²) in [5.41, 5.74) is 2.25. The number of aromatic nitrogens is 2. The topological polar surface area (TPSA) is 78.0 Å². The lowest BCUT2D eigenvalue weighted by Crippen LogP contribution is -2.28. The predicted octanol–water partition coefficient (Wildman–Crippen LogP) is 1.81. The molecule has 1 aromatic heterocycles. The van der Waals surface area contributed by atoms with Crippen molar-refractivity contribution in [3.63, 3.8) is 0 Å². The van der Waals surface area contributed by atoms with E-state index in [-0.39, 0.29) is 6.47 Å². The Morgan fingerprint density at radius 3 is 2.68 bits per heavy atom. The number of H-pyrrole nitrogens is 1. The molecule has 2 heterocycles. The van der Waals surface area contributed by atoms with Crippen LogP contribution in [0, 0.1) is 5.92 Å². The molecule has 0 aliphatic carbocycles. The Kier molecular flexibility index (Phi) is 4.92. The number of imidazole rings is 1. The Labute approximate surface area is 112 Å². The smallest absolute Gasteiger partial charge is 0.290 e. The first-order valence-electron chi connectivity index (χ1n) is 6.55. The zero-order valence-electron chi connectivity index (χ0n) is 10.8. The van der Waals surface area contributed by atoms with Crippen LogP contribution in [0.25, 0.3) is 11.0 Å². The highest BCUT2D eigenvalue weighted by Gasteiger charge is 2.15. The van der Waals surface area contributed by atoms with Crippen molar-refractivity contribution < 1.29 is 9.90 Å². The van der Waals surface area contributed by atoms with E-state index in [9.17, 15) is 0 Å². The van der Waals surface area contributed by atoms with Crippen molar-refractivity contribution in [2.45, 2.75) is 19.3 Å². The minimum atomic E-state index is -0.250. The molecule has 1 aromatic carbocycles. The quantitative estimate of drug-likeness (QED) is 0.720. The Morgan fingerprint density at radius 2 is 2.00 bits per heavy atom. The fraction of sp³-hybridized carbons (Fsp3) is 0.429. The Hall–Kier alpha value is -1.88. The van der Waals surface area contributed by atoms with Gasteiger partial charge >= 0.3 is 0 Å². The summed E-state index contributed by atoms with van der Waals surface area (Å²) in [6.07, 6.45) is 3.64. The van der Waals surface area contributed by atoms with E-state index in [0.29, 0.717) is 0 Å². The summed E-state index contributed by atoms with van der Waals surface area (Å²) in [5, 5.41) is 10.3. The van der Waals surface area contributed by atoms with Crippen molar-refractivity contribution in [1.29, 1.82) is 0 Å². The molecular formula is C14H19N3O2. The SMILES string of the molecule is O=CO.c1ccc2[nH]c(CC3CCNCC3)nc2c1. The number of hydrogen-bond donors (Lipinski definition) is 3. The molecule has 2 aromatic rings. The number of carbonyl (C=O) groups is 1. The van der Waals surface area contributed by atoms with E-state index in [1.54, 1.807) is 0 Å². The van der Waals surface area contributed by atoms with E-state index in [1.165, 1.54) is 12.8 Å². The van der Waals surface area contributed by atoms with E-state index in [1.807, 2.05) is 6.07 Å².